The van der Waals surface area contributed by atoms with Crippen LogP contribution in [0.5, 0.6) is 5.75 Å². The molecule has 0 amide bonds. The molecule has 21 heavy (non-hydrogen) atoms. The average molecular weight is 290 g/mol. The first kappa shape index (κ1) is 15.3. The average Bonchev–Trinajstić information content (AvgIpc) is 2.76. The standard InChI is InChI=1S/C13H19BN4O3/c1-8(2)9-6-11(18-13(20)17(3)15-16-18)12(7-10(9)14)21-5-4-19/h6-8,19H,4-5,14H2,1-3H3. The number of aliphatic hydroxyl groups is 1. The highest BCUT2D eigenvalue weighted by Gasteiger charge is 2.16. The van der Waals surface area contributed by atoms with Crippen molar-refractivity contribution in [3.05, 3.63) is 28.2 Å². The third-order valence-electron chi connectivity index (χ3n) is 3.27. The quantitative estimate of drug-likeness (QED) is 0.694. The maximum Gasteiger partial charge on any atom is 0.368 e. The number of aliphatic hydroxyl groups excluding tert-OH is 1. The molecule has 1 aromatic heterocycles. The van der Waals surface area contributed by atoms with E-state index in [4.69, 9.17) is 9.84 Å². The van der Waals surface area contributed by atoms with E-state index in [2.05, 4.69) is 24.3 Å². The van der Waals surface area contributed by atoms with E-state index in [1.807, 2.05) is 20.0 Å². The lowest BCUT2D eigenvalue weighted by Gasteiger charge is -2.16. The molecule has 0 spiro atoms. The van der Waals surface area contributed by atoms with Crippen LogP contribution in [0, 0.1) is 0 Å². The number of hydrogen-bond acceptors (Lipinski definition) is 5. The Balaban J connectivity index is 2.62. The van der Waals surface area contributed by atoms with E-state index in [0.29, 0.717) is 17.4 Å². The number of benzene rings is 1. The molecular weight excluding hydrogens is 271 g/mol. The zero-order valence-electron chi connectivity index (χ0n) is 12.7. The number of aromatic nitrogens is 4. The van der Waals surface area contributed by atoms with Crippen LogP contribution in [0.4, 0.5) is 0 Å². The largest absolute Gasteiger partial charge is 0.489 e. The smallest absolute Gasteiger partial charge is 0.368 e. The Morgan fingerprint density at radius 2 is 2.10 bits per heavy atom. The van der Waals surface area contributed by atoms with Crippen molar-refractivity contribution in [1.29, 1.82) is 0 Å². The minimum absolute atomic E-state index is 0.0974. The summed E-state index contributed by atoms with van der Waals surface area (Å²) in [7, 11) is 3.53. The summed E-state index contributed by atoms with van der Waals surface area (Å²) in [4.78, 5) is 12.1. The summed E-state index contributed by atoms with van der Waals surface area (Å²) in [5.74, 6) is 0.816. The van der Waals surface area contributed by atoms with E-state index in [9.17, 15) is 4.79 Å². The Hall–Kier alpha value is -2.09. The number of ether oxygens (including phenoxy) is 1. The lowest BCUT2D eigenvalue weighted by atomic mass is 9.85. The van der Waals surface area contributed by atoms with Gasteiger partial charge in [0.15, 0.2) is 0 Å². The first-order valence-corrected chi connectivity index (χ1v) is 6.83. The van der Waals surface area contributed by atoms with Crippen LogP contribution in [0.15, 0.2) is 16.9 Å². The van der Waals surface area contributed by atoms with Crippen molar-refractivity contribution in [1.82, 2.24) is 19.8 Å². The lowest BCUT2D eigenvalue weighted by molar-refractivity contribution is 0.201. The summed E-state index contributed by atoms with van der Waals surface area (Å²) in [6.45, 7) is 4.22. The highest BCUT2D eigenvalue weighted by atomic mass is 16.5. The van der Waals surface area contributed by atoms with Gasteiger partial charge in [-0.2, -0.15) is 9.36 Å². The van der Waals surface area contributed by atoms with Crippen molar-refractivity contribution >= 4 is 13.3 Å². The Bertz CT molecular complexity index is 693. The number of hydrogen-bond donors (Lipinski definition) is 1. The Kier molecular flexibility index (Phi) is 4.47. The summed E-state index contributed by atoms with van der Waals surface area (Å²) in [5, 5.41) is 16.5. The molecule has 2 aromatic rings. The molecule has 1 heterocycles. The third-order valence-corrected chi connectivity index (χ3v) is 3.27. The molecule has 0 unspecified atom stereocenters. The molecule has 0 aliphatic carbocycles. The van der Waals surface area contributed by atoms with E-state index >= 15 is 0 Å². The minimum Gasteiger partial charge on any atom is -0.489 e. The molecule has 112 valence electrons. The van der Waals surface area contributed by atoms with Crippen molar-refractivity contribution in [3.63, 3.8) is 0 Å². The predicted octanol–water partition coefficient (Wildman–Crippen LogP) is -1.28. The molecule has 1 N–H and O–H groups in total. The van der Waals surface area contributed by atoms with Gasteiger partial charge in [-0.15, -0.1) is 0 Å². The summed E-state index contributed by atoms with van der Waals surface area (Å²) in [6, 6.07) is 3.75. The molecule has 0 fully saturated rings. The van der Waals surface area contributed by atoms with Crippen molar-refractivity contribution in [3.8, 4) is 11.4 Å². The fraction of sp³-hybridized carbons (Fsp3) is 0.462. The normalized spacial score (nSPS) is 11.1. The number of tetrazole rings is 1. The van der Waals surface area contributed by atoms with Gasteiger partial charge in [0.1, 0.15) is 25.9 Å². The number of nitrogens with zero attached hydrogens (tertiary/aromatic N) is 4. The number of aryl methyl sites for hydroxylation is 1. The minimum atomic E-state index is -0.345. The van der Waals surface area contributed by atoms with Crippen LogP contribution in [-0.2, 0) is 7.05 Å². The molecule has 0 radical (unpaired) electrons. The molecule has 0 saturated carbocycles. The highest BCUT2D eigenvalue weighted by Crippen LogP contribution is 2.24. The van der Waals surface area contributed by atoms with Crippen molar-refractivity contribution in [2.24, 2.45) is 7.05 Å². The molecule has 8 heteroatoms. The summed E-state index contributed by atoms with van der Waals surface area (Å²) in [6.07, 6.45) is 0. The molecule has 1 aromatic carbocycles. The van der Waals surface area contributed by atoms with Gasteiger partial charge in [0.05, 0.1) is 6.61 Å². The fourth-order valence-corrected chi connectivity index (χ4v) is 2.21. The second kappa shape index (κ2) is 6.13. The van der Waals surface area contributed by atoms with Gasteiger partial charge in [-0.25, -0.2) is 4.79 Å². The lowest BCUT2D eigenvalue weighted by Crippen LogP contribution is -2.24. The molecule has 7 nitrogen and oxygen atoms in total. The maximum absolute atomic E-state index is 12.1. The highest BCUT2D eigenvalue weighted by molar-refractivity contribution is 6.33. The van der Waals surface area contributed by atoms with Gasteiger partial charge in [-0.05, 0) is 34.0 Å². The molecule has 2 rings (SSSR count). The van der Waals surface area contributed by atoms with Gasteiger partial charge in [0, 0.05) is 7.05 Å². The molecule has 0 bridgehead atoms. The Morgan fingerprint density at radius 1 is 1.38 bits per heavy atom. The summed E-state index contributed by atoms with van der Waals surface area (Å²) in [5.41, 5.74) is 2.37. The van der Waals surface area contributed by atoms with Gasteiger partial charge in [-0.1, -0.05) is 19.3 Å². The molecule has 0 saturated heterocycles. The van der Waals surface area contributed by atoms with E-state index in [0.717, 1.165) is 15.7 Å². The van der Waals surface area contributed by atoms with Gasteiger partial charge in [0.2, 0.25) is 0 Å². The second-order valence-electron chi connectivity index (χ2n) is 5.20. The predicted molar refractivity (Wildman–Crippen MR) is 81.4 cm³/mol. The van der Waals surface area contributed by atoms with Crippen LogP contribution in [0.2, 0.25) is 0 Å². The van der Waals surface area contributed by atoms with Crippen molar-refractivity contribution in [2.45, 2.75) is 19.8 Å². The zero-order chi connectivity index (χ0) is 15.6. The third kappa shape index (κ3) is 3.00. The summed E-state index contributed by atoms with van der Waals surface area (Å²) >= 11 is 0. The van der Waals surface area contributed by atoms with E-state index in [1.165, 1.54) is 11.7 Å². The van der Waals surface area contributed by atoms with Crippen LogP contribution in [-0.4, -0.2) is 46.0 Å². The Morgan fingerprint density at radius 3 is 2.62 bits per heavy atom. The first-order chi connectivity index (χ1) is 9.95. The van der Waals surface area contributed by atoms with Gasteiger partial charge in [0.25, 0.3) is 0 Å². The van der Waals surface area contributed by atoms with Crippen LogP contribution in [0.3, 0.4) is 0 Å². The van der Waals surface area contributed by atoms with Gasteiger partial charge >= 0.3 is 5.69 Å². The number of rotatable bonds is 5. The molecule has 0 aliphatic heterocycles. The van der Waals surface area contributed by atoms with Gasteiger partial charge in [-0.3, -0.25) is 0 Å². The van der Waals surface area contributed by atoms with Crippen LogP contribution in [0.25, 0.3) is 5.69 Å². The molecular formula is C13H19BN4O3. The van der Waals surface area contributed by atoms with Crippen molar-refractivity contribution < 1.29 is 9.84 Å². The summed E-state index contributed by atoms with van der Waals surface area (Å²) < 4.78 is 7.90. The second-order valence-corrected chi connectivity index (χ2v) is 5.20. The topological polar surface area (TPSA) is 82.2 Å². The molecule has 0 aliphatic rings. The van der Waals surface area contributed by atoms with Crippen LogP contribution >= 0.6 is 0 Å². The van der Waals surface area contributed by atoms with E-state index in [-0.39, 0.29) is 18.9 Å². The zero-order valence-corrected chi connectivity index (χ0v) is 12.7. The van der Waals surface area contributed by atoms with Crippen LogP contribution in [0.1, 0.15) is 25.3 Å². The maximum atomic E-state index is 12.1. The molecule has 0 atom stereocenters. The SMILES string of the molecule is Bc1cc(OCCO)c(-n2nnn(C)c2=O)cc1C(C)C. The van der Waals surface area contributed by atoms with Crippen molar-refractivity contribution in [2.75, 3.05) is 13.2 Å². The fourth-order valence-electron chi connectivity index (χ4n) is 2.21. The van der Waals surface area contributed by atoms with E-state index < -0.39 is 0 Å². The van der Waals surface area contributed by atoms with Crippen LogP contribution < -0.4 is 15.9 Å². The van der Waals surface area contributed by atoms with Gasteiger partial charge < -0.3 is 9.84 Å². The Labute approximate surface area is 123 Å². The first-order valence-electron chi connectivity index (χ1n) is 6.83. The monoisotopic (exact) mass is 290 g/mol. The van der Waals surface area contributed by atoms with E-state index in [1.54, 1.807) is 0 Å².